The minimum Gasteiger partial charge on any atom is -0.465 e. The molecule has 10 heteroatoms. The molecule has 2 aromatic carbocycles. The molecule has 1 saturated heterocycles. The Bertz CT molecular complexity index is 1040. The van der Waals surface area contributed by atoms with E-state index in [1.807, 2.05) is 0 Å². The summed E-state index contributed by atoms with van der Waals surface area (Å²) < 4.78 is 53.9. The van der Waals surface area contributed by atoms with Crippen molar-refractivity contribution < 1.29 is 32.3 Å². The Balaban J connectivity index is 1.96. The molecule has 1 aliphatic rings. The number of hydrogen-bond acceptors (Lipinski definition) is 2. The van der Waals surface area contributed by atoms with E-state index in [1.54, 1.807) is 19.1 Å². The van der Waals surface area contributed by atoms with Crippen LogP contribution >= 0.6 is 15.9 Å². The number of hydrogen-bond donors (Lipinski definition) is 1. The molecule has 1 N–H and O–H groups in total. The minimum atomic E-state index is -4.62. The van der Waals surface area contributed by atoms with Crippen LogP contribution < -0.4 is 0 Å². The number of aryl methyl sites for hydroxylation is 1. The normalized spacial score (nSPS) is 19.0. The number of carbonyl (C=O) groups excluding carboxylic acids is 1. The molecule has 2 amide bonds. The second-order valence-corrected chi connectivity index (χ2v) is 8.76. The number of halogens is 5. The number of likely N-dealkylation sites (tertiary alicyclic amines) is 1. The van der Waals surface area contributed by atoms with E-state index in [4.69, 9.17) is 0 Å². The fraction of sp³-hybridized carbons (Fsp3) is 0.364. The molecule has 0 unspecified atom stereocenters. The molecule has 0 aliphatic carbocycles. The number of likely N-dealkylation sites (N-methyl/N-ethyl adjacent to an activating group) is 1. The standard InChI is InChI=1S/C22H21BrF4N2O3/c1-12-3-4-13(9-18(12)24)17-11-29(21(31)32)6-5-19(17)28(2)20(30)14-7-15(22(25,26)27)10-16(23)8-14/h3-4,7-10,17,19H,5-6,11H2,1-2H3,(H,31,32)/t17-,19+/m0/s1. The molecule has 0 bridgehead atoms. The van der Waals surface area contributed by atoms with Gasteiger partial charge in [-0.3, -0.25) is 4.79 Å². The van der Waals surface area contributed by atoms with E-state index in [0.717, 1.165) is 12.1 Å². The fourth-order valence-electron chi connectivity index (χ4n) is 3.98. The van der Waals surface area contributed by atoms with E-state index in [2.05, 4.69) is 15.9 Å². The quantitative estimate of drug-likeness (QED) is 0.546. The van der Waals surface area contributed by atoms with Crippen LogP contribution in [0.25, 0.3) is 0 Å². The van der Waals surface area contributed by atoms with Crippen LogP contribution in [-0.4, -0.2) is 53.1 Å². The van der Waals surface area contributed by atoms with Gasteiger partial charge in [-0.1, -0.05) is 28.1 Å². The van der Waals surface area contributed by atoms with E-state index in [1.165, 1.54) is 29.0 Å². The third-order valence-electron chi connectivity index (χ3n) is 5.76. The largest absolute Gasteiger partial charge is 0.465 e. The van der Waals surface area contributed by atoms with Gasteiger partial charge in [0.15, 0.2) is 0 Å². The zero-order valence-electron chi connectivity index (χ0n) is 17.3. The van der Waals surface area contributed by atoms with Crippen LogP contribution in [0.2, 0.25) is 0 Å². The topological polar surface area (TPSA) is 60.9 Å². The molecule has 5 nitrogen and oxygen atoms in total. The summed E-state index contributed by atoms with van der Waals surface area (Å²) in [6.45, 7) is 1.78. The molecular formula is C22H21BrF4N2O3. The molecule has 172 valence electrons. The molecule has 3 rings (SSSR count). The van der Waals surface area contributed by atoms with Gasteiger partial charge in [0.25, 0.3) is 5.91 Å². The van der Waals surface area contributed by atoms with Crippen molar-refractivity contribution in [2.45, 2.75) is 31.5 Å². The highest BCUT2D eigenvalue weighted by molar-refractivity contribution is 9.10. The van der Waals surface area contributed by atoms with Gasteiger partial charge < -0.3 is 14.9 Å². The highest BCUT2D eigenvalue weighted by Gasteiger charge is 2.38. The van der Waals surface area contributed by atoms with Gasteiger partial charge >= 0.3 is 12.3 Å². The summed E-state index contributed by atoms with van der Waals surface area (Å²) in [5.41, 5.74) is -0.159. The highest BCUT2D eigenvalue weighted by atomic mass is 79.9. The van der Waals surface area contributed by atoms with Gasteiger partial charge in [0.2, 0.25) is 0 Å². The average Bonchev–Trinajstić information content (AvgIpc) is 2.73. The summed E-state index contributed by atoms with van der Waals surface area (Å²) in [5, 5.41) is 9.41. The Kier molecular flexibility index (Phi) is 6.83. The summed E-state index contributed by atoms with van der Waals surface area (Å²) in [7, 11) is 1.47. The summed E-state index contributed by atoms with van der Waals surface area (Å²) in [6, 6.07) is 7.02. The van der Waals surface area contributed by atoms with Gasteiger partial charge in [0, 0.05) is 42.1 Å². The summed E-state index contributed by atoms with van der Waals surface area (Å²) in [5.74, 6) is -1.63. The first kappa shape index (κ1) is 24.0. The lowest BCUT2D eigenvalue weighted by atomic mass is 9.84. The second-order valence-electron chi connectivity index (χ2n) is 7.84. The first-order valence-corrected chi connectivity index (χ1v) is 10.6. The predicted molar refractivity (Wildman–Crippen MR) is 113 cm³/mol. The maximum absolute atomic E-state index is 14.2. The molecule has 2 atom stereocenters. The van der Waals surface area contributed by atoms with Crippen molar-refractivity contribution in [1.82, 2.24) is 9.80 Å². The lowest BCUT2D eigenvalue weighted by molar-refractivity contribution is -0.137. The van der Waals surface area contributed by atoms with E-state index < -0.39 is 41.5 Å². The van der Waals surface area contributed by atoms with Crippen LogP contribution in [0.5, 0.6) is 0 Å². The van der Waals surface area contributed by atoms with Crippen molar-refractivity contribution in [3.63, 3.8) is 0 Å². The number of carboxylic acid groups (broad SMARTS) is 1. The molecule has 0 aromatic heterocycles. The number of piperidine rings is 1. The van der Waals surface area contributed by atoms with Crippen LogP contribution in [0.3, 0.4) is 0 Å². The fourth-order valence-corrected chi connectivity index (χ4v) is 4.47. The third kappa shape index (κ3) is 5.06. The number of benzene rings is 2. The minimum absolute atomic E-state index is 0.0341. The van der Waals surface area contributed by atoms with Crippen LogP contribution in [0.15, 0.2) is 40.9 Å². The number of amides is 2. The average molecular weight is 517 g/mol. The molecule has 0 radical (unpaired) electrons. The first-order valence-electron chi connectivity index (χ1n) is 9.77. The van der Waals surface area contributed by atoms with E-state index in [-0.39, 0.29) is 29.5 Å². The number of carbonyl (C=O) groups is 2. The Morgan fingerprint density at radius 2 is 1.88 bits per heavy atom. The van der Waals surface area contributed by atoms with Crippen LogP contribution in [0.1, 0.15) is 39.4 Å². The SMILES string of the molecule is Cc1ccc([C@@H]2CN(C(=O)O)CC[C@H]2N(C)C(=O)c2cc(Br)cc(C(F)(F)F)c2)cc1F. The number of alkyl halides is 3. The Morgan fingerprint density at radius 3 is 2.47 bits per heavy atom. The van der Waals surface area contributed by atoms with Crippen molar-refractivity contribution >= 4 is 27.9 Å². The van der Waals surface area contributed by atoms with Gasteiger partial charge in [-0.2, -0.15) is 13.2 Å². The molecule has 0 spiro atoms. The Hall–Kier alpha value is -2.62. The molecule has 1 heterocycles. The predicted octanol–water partition coefficient (Wildman–Crippen LogP) is 5.52. The van der Waals surface area contributed by atoms with E-state index in [0.29, 0.717) is 11.1 Å². The number of rotatable bonds is 3. The zero-order chi connectivity index (χ0) is 23.8. The zero-order valence-corrected chi connectivity index (χ0v) is 18.9. The second kappa shape index (κ2) is 9.09. The first-order chi connectivity index (χ1) is 14.9. The maximum atomic E-state index is 14.2. The van der Waals surface area contributed by atoms with Gasteiger partial charge in [0.05, 0.1) is 5.56 Å². The summed E-state index contributed by atoms with van der Waals surface area (Å²) >= 11 is 3.02. The van der Waals surface area contributed by atoms with Crippen molar-refractivity contribution in [3.05, 3.63) is 68.9 Å². The lowest BCUT2D eigenvalue weighted by Gasteiger charge is -2.42. The highest BCUT2D eigenvalue weighted by Crippen LogP contribution is 2.35. The van der Waals surface area contributed by atoms with E-state index >= 15 is 0 Å². The van der Waals surface area contributed by atoms with Gasteiger partial charge in [-0.05, 0) is 48.7 Å². The summed E-state index contributed by atoms with van der Waals surface area (Å²) in [4.78, 5) is 27.2. The van der Waals surface area contributed by atoms with Crippen LogP contribution in [0.4, 0.5) is 22.4 Å². The summed E-state index contributed by atoms with van der Waals surface area (Å²) in [6.07, 6.45) is -5.49. The molecule has 1 aliphatic heterocycles. The van der Waals surface area contributed by atoms with Crippen molar-refractivity contribution in [2.75, 3.05) is 20.1 Å². The van der Waals surface area contributed by atoms with Crippen LogP contribution in [-0.2, 0) is 6.18 Å². The van der Waals surface area contributed by atoms with Crippen molar-refractivity contribution in [1.29, 1.82) is 0 Å². The molecule has 1 fully saturated rings. The monoisotopic (exact) mass is 516 g/mol. The Morgan fingerprint density at radius 1 is 1.19 bits per heavy atom. The molecule has 32 heavy (non-hydrogen) atoms. The smallest absolute Gasteiger partial charge is 0.416 e. The van der Waals surface area contributed by atoms with Crippen molar-refractivity contribution in [2.24, 2.45) is 0 Å². The Labute approximate surface area is 190 Å². The van der Waals surface area contributed by atoms with Crippen LogP contribution in [0, 0.1) is 12.7 Å². The molecule has 2 aromatic rings. The van der Waals surface area contributed by atoms with Gasteiger partial charge in [-0.25, -0.2) is 9.18 Å². The number of nitrogens with zero attached hydrogens (tertiary/aromatic N) is 2. The maximum Gasteiger partial charge on any atom is 0.416 e. The molecular weight excluding hydrogens is 496 g/mol. The van der Waals surface area contributed by atoms with Gasteiger partial charge in [0.1, 0.15) is 5.82 Å². The lowest BCUT2D eigenvalue weighted by Crippen LogP contribution is -2.51. The third-order valence-corrected chi connectivity index (χ3v) is 6.22. The van der Waals surface area contributed by atoms with Gasteiger partial charge in [-0.15, -0.1) is 0 Å². The van der Waals surface area contributed by atoms with E-state index in [9.17, 15) is 32.3 Å². The van der Waals surface area contributed by atoms with Crippen molar-refractivity contribution in [3.8, 4) is 0 Å². The molecule has 0 saturated carbocycles.